The number of aryl methyl sites for hydroxylation is 1. The molecule has 0 aliphatic rings. The Balaban J connectivity index is 2.74. The Morgan fingerprint density at radius 3 is 2.63 bits per heavy atom. The van der Waals surface area contributed by atoms with Gasteiger partial charge in [-0.2, -0.15) is 4.98 Å². The van der Waals surface area contributed by atoms with Crippen LogP contribution in [0.3, 0.4) is 0 Å². The van der Waals surface area contributed by atoms with Gasteiger partial charge in [-0.25, -0.2) is 18.1 Å². The number of rotatable bonds is 7. The molecule has 0 aliphatic heterocycles. The average molecular weight is 285 g/mol. The summed E-state index contributed by atoms with van der Waals surface area (Å²) in [5.41, 5.74) is 7.29. The molecule has 8 heteroatoms. The smallest absolute Gasteiger partial charge is 0.222 e. The minimum Gasteiger partial charge on any atom is -0.368 e. The highest BCUT2D eigenvalue weighted by molar-refractivity contribution is 7.88. The van der Waals surface area contributed by atoms with Gasteiger partial charge < -0.3 is 11.1 Å². The van der Waals surface area contributed by atoms with Gasteiger partial charge in [-0.3, -0.25) is 0 Å². The van der Waals surface area contributed by atoms with Gasteiger partial charge in [-0.05, 0) is 13.3 Å². The Kier molecular flexibility index (Phi) is 5.25. The summed E-state index contributed by atoms with van der Waals surface area (Å²) in [4.78, 5) is 8.20. The van der Waals surface area contributed by atoms with Gasteiger partial charge in [0.1, 0.15) is 5.82 Å². The SMILES string of the molecule is C=CCc1c(C)nc(N)nc1NCCNS(C)(=O)=O. The second-order valence-corrected chi connectivity index (χ2v) is 5.91. The van der Waals surface area contributed by atoms with Crippen LogP contribution in [-0.4, -0.2) is 37.7 Å². The number of anilines is 2. The van der Waals surface area contributed by atoms with Crippen molar-refractivity contribution in [1.82, 2.24) is 14.7 Å². The molecular weight excluding hydrogens is 266 g/mol. The zero-order valence-corrected chi connectivity index (χ0v) is 11.9. The molecule has 0 fully saturated rings. The van der Waals surface area contributed by atoms with E-state index in [1.807, 2.05) is 6.92 Å². The molecule has 106 valence electrons. The summed E-state index contributed by atoms with van der Waals surface area (Å²) in [6.45, 7) is 6.21. The molecule has 0 radical (unpaired) electrons. The first kappa shape index (κ1) is 15.4. The van der Waals surface area contributed by atoms with Crippen LogP contribution in [0.15, 0.2) is 12.7 Å². The van der Waals surface area contributed by atoms with Gasteiger partial charge in [0, 0.05) is 24.3 Å². The van der Waals surface area contributed by atoms with Gasteiger partial charge in [0.05, 0.1) is 6.26 Å². The van der Waals surface area contributed by atoms with Crippen LogP contribution in [-0.2, 0) is 16.4 Å². The lowest BCUT2D eigenvalue weighted by atomic mass is 10.1. The van der Waals surface area contributed by atoms with Crippen LogP contribution in [0.25, 0.3) is 0 Å². The molecule has 0 spiro atoms. The number of hydrogen-bond acceptors (Lipinski definition) is 6. The normalized spacial score (nSPS) is 11.3. The molecule has 0 saturated carbocycles. The average Bonchev–Trinajstić information content (AvgIpc) is 2.27. The van der Waals surface area contributed by atoms with Gasteiger partial charge >= 0.3 is 0 Å². The van der Waals surface area contributed by atoms with Gasteiger partial charge in [-0.1, -0.05) is 6.08 Å². The van der Waals surface area contributed by atoms with Crippen LogP contribution in [0.1, 0.15) is 11.3 Å². The fourth-order valence-corrected chi connectivity index (χ4v) is 2.04. The van der Waals surface area contributed by atoms with Crippen molar-refractivity contribution >= 4 is 21.8 Å². The monoisotopic (exact) mass is 285 g/mol. The molecule has 0 unspecified atom stereocenters. The second kappa shape index (κ2) is 6.48. The topological polar surface area (TPSA) is 110 Å². The second-order valence-electron chi connectivity index (χ2n) is 4.08. The highest BCUT2D eigenvalue weighted by Crippen LogP contribution is 2.17. The number of hydrogen-bond donors (Lipinski definition) is 3. The molecule has 1 aromatic rings. The Bertz CT molecular complexity index is 556. The first-order chi connectivity index (χ1) is 8.83. The molecule has 0 aromatic carbocycles. The van der Waals surface area contributed by atoms with Crippen LogP contribution in [0, 0.1) is 6.92 Å². The summed E-state index contributed by atoms with van der Waals surface area (Å²) in [6, 6.07) is 0. The Labute approximate surface area is 113 Å². The van der Waals surface area contributed by atoms with Crippen molar-refractivity contribution < 1.29 is 8.42 Å². The van der Waals surface area contributed by atoms with Crippen molar-refractivity contribution in [3.63, 3.8) is 0 Å². The third-order valence-corrected chi connectivity index (χ3v) is 3.09. The first-order valence-electron chi connectivity index (χ1n) is 5.76. The van der Waals surface area contributed by atoms with E-state index in [0.717, 1.165) is 17.5 Å². The van der Waals surface area contributed by atoms with Crippen molar-refractivity contribution in [1.29, 1.82) is 0 Å². The van der Waals surface area contributed by atoms with E-state index in [-0.39, 0.29) is 12.5 Å². The van der Waals surface area contributed by atoms with E-state index in [1.54, 1.807) is 6.08 Å². The Morgan fingerprint density at radius 2 is 2.05 bits per heavy atom. The summed E-state index contributed by atoms with van der Waals surface area (Å²) in [7, 11) is -3.18. The number of nitrogens with one attached hydrogen (secondary N) is 2. The highest BCUT2D eigenvalue weighted by Gasteiger charge is 2.09. The lowest BCUT2D eigenvalue weighted by molar-refractivity contribution is 0.589. The summed E-state index contributed by atoms with van der Waals surface area (Å²) >= 11 is 0. The molecule has 0 saturated heterocycles. The third-order valence-electron chi connectivity index (χ3n) is 2.36. The van der Waals surface area contributed by atoms with Crippen molar-refractivity contribution in [2.45, 2.75) is 13.3 Å². The van der Waals surface area contributed by atoms with Crippen LogP contribution in [0.4, 0.5) is 11.8 Å². The van der Waals surface area contributed by atoms with Crippen molar-refractivity contribution in [2.75, 3.05) is 30.4 Å². The number of sulfonamides is 1. The van der Waals surface area contributed by atoms with Crippen molar-refractivity contribution in [3.8, 4) is 0 Å². The highest BCUT2D eigenvalue weighted by atomic mass is 32.2. The van der Waals surface area contributed by atoms with E-state index in [0.29, 0.717) is 18.8 Å². The van der Waals surface area contributed by atoms with E-state index < -0.39 is 10.0 Å². The molecule has 0 atom stereocenters. The van der Waals surface area contributed by atoms with E-state index in [4.69, 9.17) is 5.73 Å². The van der Waals surface area contributed by atoms with Gasteiger partial charge in [0.25, 0.3) is 0 Å². The van der Waals surface area contributed by atoms with Gasteiger partial charge in [0.15, 0.2) is 0 Å². The molecule has 1 heterocycles. The fraction of sp³-hybridized carbons (Fsp3) is 0.455. The maximum atomic E-state index is 10.9. The number of nitrogen functional groups attached to an aromatic ring is 1. The molecule has 0 amide bonds. The van der Waals surface area contributed by atoms with E-state index >= 15 is 0 Å². The number of aromatic nitrogens is 2. The molecule has 0 bridgehead atoms. The van der Waals surface area contributed by atoms with Crippen LogP contribution in [0.2, 0.25) is 0 Å². The van der Waals surface area contributed by atoms with Gasteiger partial charge in [-0.15, -0.1) is 6.58 Å². The third kappa shape index (κ3) is 5.23. The predicted molar refractivity (Wildman–Crippen MR) is 76.4 cm³/mol. The van der Waals surface area contributed by atoms with Crippen molar-refractivity contribution in [2.24, 2.45) is 0 Å². The maximum Gasteiger partial charge on any atom is 0.222 e. The van der Waals surface area contributed by atoms with E-state index in [1.165, 1.54) is 0 Å². The number of nitrogens with zero attached hydrogens (tertiary/aromatic N) is 2. The predicted octanol–water partition coefficient (Wildman–Crippen LogP) is 0.0568. The maximum absolute atomic E-state index is 10.9. The summed E-state index contributed by atoms with van der Waals surface area (Å²) in [6.07, 6.45) is 3.48. The lowest BCUT2D eigenvalue weighted by Crippen LogP contribution is -2.28. The molecule has 0 aliphatic carbocycles. The molecule has 4 N–H and O–H groups in total. The molecular formula is C11H19N5O2S. The van der Waals surface area contributed by atoms with Crippen molar-refractivity contribution in [3.05, 3.63) is 23.9 Å². The molecule has 1 rings (SSSR count). The number of allylic oxidation sites excluding steroid dienone is 1. The van der Waals surface area contributed by atoms with Crippen LogP contribution < -0.4 is 15.8 Å². The number of nitrogens with two attached hydrogens (primary N) is 1. The van der Waals surface area contributed by atoms with Crippen LogP contribution in [0.5, 0.6) is 0 Å². The summed E-state index contributed by atoms with van der Waals surface area (Å²) < 4.78 is 24.2. The molecule has 7 nitrogen and oxygen atoms in total. The van der Waals surface area contributed by atoms with E-state index in [2.05, 4.69) is 26.6 Å². The zero-order valence-electron chi connectivity index (χ0n) is 11.1. The lowest BCUT2D eigenvalue weighted by Gasteiger charge is -2.12. The minimum atomic E-state index is -3.18. The standard InChI is InChI=1S/C11H19N5O2S/c1-4-5-9-8(2)15-11(12)16-10(9)13-6-7-14-19(3,17)18/h4,14H,1,5-7H2,2-3H3,(H3,12,13,15,16). The largest absolute Gasteiger partial charge is 0.368 e. The quantitative estimate of drug-likeness (QED) is 0.482. The fourth-order valence-electron chi connectivity index (χ4n) is 1.57. The zero-order chi connectivity index (χ0) is 14.5. The molecule has 1 aromatic heterocycles. The first-order valence-corrected chi connectivity index (χ1v) is 7.65. The summed E-state index contributed by atoms with van der Waals surface area (Å²) in [5.74, 6) is 0.795. The van der Waals surface area contributed by atoms with Gasteiger partial charge in [0.2, 0.25) is 16.0 Å². The Hall–Kier alpha value is -1.67. The Morgan fingerprint density at radius 1 is 1.37 bits per heavy atom. The van der Waals surface area contributed by atoms with E-state index in [9.17, 15) is 8.42 Å². The molecule has 19 heavy (non-hydrogen) atoms. The minimum absolute atomic E-state index is 0.184. The summed E-state index contributed by atoms with van der Waals surface area (Å²) in [5, 5.41) is 3.05. The van der Waals surface area contributed by atoms with Crippen LogP contribution >= 0.6 is 0 Å².